The molecule has 2 saturated heterocycles. The highest BCUT2D eigenvalue weighted by molar-refractivity contribution is 5.77. The van der Waals surface area contributed by atoms with Crippen LogP contribution in [0.4, 0.5) is 0 Å². The monoisotopic (exact) mass is 371 g/mol. The molecule has 4 aliphatic rings. The maximum Gasteiger partial charge on any atom is 0.309 e. The van der Waals surface area contributed by atoms with Crippen LogP contribution in [0, 0.1) is 17.8 Å². The zero-order chi connectivity index (χ0) is 18.9. The number of fused-ring (bicyclic) bond motifs is 2. The lowest BCUT2D eigenvalue weighted by Gasteiger charge is -2.39. The molecule has 0 saturated carbocycles. The summed E-state index contributed by atoms with van der Waals surface area (Å²) in [5, 5.41) is 0. The van der Waals surface area contributed by atoms with Gasteiger partial charge in [0.1, 0.15) is 12.2 Å². The highest BCUT2D eigenvalue weighted by Crippen LogP contribution is 2.55. The molecule has 3 aliphatic heterocycles. The number of carbonyl (C=O) groups is 2. The van der Waals surface area contributed by atoms with Crippen LogP contribution in [-0.4, -0.2) is 22.6 Å². The van der Waals surface area contributed by atoms with Crippen LogP contribution in [0.1, 0.15) is 87.8 Å². The third kappa shape index (κ3) is 2.36. The largest absolute Gasteiger partial charge is 0.461 e. The zero-order valence-corrected chi connectivity index (χ0v) is 16.4. The van der Waals surface area contributed by atoms with Crippen LogP contribution in [0.5, 0.6) is 0 Å². The summed E-state index contributed by atoms with van der Waals surface area (Å²) in [6.07, 6.45) is 5.14. The van der Waals surface area contributed by atoms with Gasteiger partial charge in [-0.25, -0.2) is 0 Å². The van der Waals surface area contributed by atoms with E-state index in [9.17, 15) is 9.59 Å². The molecular formula is C22H29NO4. The average molecular weight is 371 g/mol. The van der Waals surface area contributed by atoms with Crippen LogP contribution >= 0.6 is 0 Å². The van der Waals surface area contributed by atoms with Crippen molar-refractivity contribution in [1.82, 2.24) is 4.57 Å². The second kappa shape index (κ2) is 6.11. The van der Waals surface area contributed by atoms with E-state index < -0.39 is 0 Å². The summed E-state index contributed by atoms with van der Waals surface area (Å²) in [6.45, 7) is 7.17. The van der Waals surface area contributed by atoms with Gasteiger partial charge in [0, 0.05) is 36.4 Å². The van der Waals surface area contributed by atoms with E-state index in [0.29, 0.717) is 11.8 Å². The van der Waals surface area contributed by atoms with Gasteiger partial charge in [0.15, 0.2) is 0 Å². The highest BCUT2D eigenvalue weighted by atomic mass is 16.6. The molecule has 5 nitrogen and oxygen atoms in total. The fraction of sp³-hybridized carbons (Fsp3) is 0.727. The Kier molecular flexibility index (Phi) is 3.92. The maximum atomic E-state index is 12.4. The van der Waals surface area contributed by atoms with Crippen LogP contribution in [-0.2, 0) is 25.6 Å². The summed E-state index contributed by atoms with van der Waals surface area (Å²) in [5.41, 5.74) is 3.85. The first kappa shape index (κ1) is 17.3. The van der Waals surface area contributed by atoms with Crippen molar-refractivity contribution in [3.8, 4) is 0 Å². The molecular weight excluding hydrogens is 342 g/mol. The Labute approximate surface area is 160 Å². The molecule has 5 rings (SSSR count). The number of nitrogens with zero attached hydrogens (tertiary/aromatic N) is 1. The van der Waals surface area contributed by atoms with E-state index in [1.54, 1.807) is 0 Å². The molecule has 0 amide bonds. The van der Waals surface area contributed by atoms with Gasteiger partial charge in [0.05, 0.1) is 17.5 Å². The Hall–Kier alpha value is -1.78. The summed E-state index contributed by atoms with van der Waals surface area (Å²) in [6, 6.07) is 2.26. The summed E-state index contributed by atoms with van der Waals surface area (Å²) < 4.78 is 14.1. The Bertz CT molecular complexity index is 796. The van der Waals surface area contributed by atoms with Gasteiger partial charge in [-0.2, -0.15) is 0 Å². The molecule has 1 aromatic heterocycles. The Morgan fingerprint density at radius 1 is 1.15 bits per heavy atom. The fourth-order valence-corrected chi connectivity index (χ4v) is 6.19. The molecule has 0 N–H and O–H groups in total. The topological polar surface area (TPSA) is 57.5 Å². The van der Waals surface area contributed by atoms with E-state index in [2.05, 4.69) is 17.6 Å². The molecule has 146 valence electrons. The summed E-state index contributed by atoms with van der Waals surface area (Å²) >= 11 is 0. The van der Waals surface area contributed by atoms with Crippen molar-refractivity contribution in [3.63, 3.8) is 0 Å². The average Bonchev–Trinajstić information content (AvgIpc) is 3.20. The van der Waals surface area contributed by atoms with Crippen molar-refractivity contribution in [3.05, 3.63) is 23.0 Å². The van der Waals surface area contributed by atoms with Gasteiger partial charge in [0.25, 0.3) is 0 Å². The molecule has 2 fully saturated rings. The van der Waals surface area contributed by atoms with Gasteiger partial charge in [0.2, 0.25) is 0 Å². The Balaban J connectivity index is 1.67. The van der Waals surface area contributed by atoms with Crippen molar-refractivity contribution >= 4 is 11.9 Å². The number of carbonyl (C=O) groups excluding carboxylic acids is 2. The first-order valence-corrected chi connectivity index (χ1v) is 10.7. The minimum atomic E-state index is -0.149. The number of esters is 2. The zero-order valence-electron chi connectivity index (χ0n) is 16.4. The molecule has 4 heterocycles. The fourth-order valence-electron chi connectivity index (χ4n) is 6.19. The van der Waals surface area contributed by atoms with E-state index in [4.69, 9.17) is 9.47 Å². The van der Waals surface area contributed by atoms with Crippen LogP contribution < -0.4 is 0 Å². The minimum Gasteiger partial charge on any atom is -0.461 e. The first-order valence-electron chi connectivity index (χ1n) is 10.7. The van der Waals surface area contributed by atoms with Crippen LogP contribution in [0.15, 0.2) is 6.07 Å². The third-order valence-corrected chi connectivity index (χ3v) is 7.54. The van der Waals surface area contributed by atoms with E-state index in [-0.39, 0.29) is 41.9 Å². The number of rotatable bonds is 2. The van der Waals surface area contributed by atoms with E-state index in [0.717, 1.165) is 37.9 Å². The van der Waals surface area contributed by atoms with Crippen molar-refractivity contribution in [2.24, 2.45) is 17.8 Å². The van der Waals surface area contributed by atoms with Crippen LogP contribution in [0.3, 0.4) is 0 Å². The number of cyclic esters (lactones) is 1. The number of ether oxygens (including phenoxy) is 2. The Morgan fingerprint density at radius 2 is 1.96 bits per heavy atom. The normalized spacial score (nSPS) is 40.2. The number of hydrogen-bond donors (Lipinski definition) is 0. The lowest BCUT2D eigenvalue weighted by molar-refractivity contribution is -0.146. The van der Waals surface area contributed by atoms with Crippen LogP contribution in [0.25, 0.3) is 0 Å². The third-order valence-electron chi connectivity index (χ3n) is 7.54. The molecule has 0 aromatic carbocycles. The second-order valence-electron chi connectivity index (χ2n) is 9.01. The first-order chi connectivity index (χ1) is 13.0. The van der Waals surface area contributed by atoms with E-state index in [1.807, 2.05) is 13.8 Å². The quantitative estimate of drug-likeness (QED) is 0.736. The predicted octanol–water partition coefficient (Wildman–Crippen LogP) is 4.06. The standard InChI is InChI=1S/C22H29NO4/c1-4-13-14-7-5-6-8-23-16(17-9-11(2)21(24)26-17)10-15(19(14)23)18-12(3)22(25)27-20(13)18/h10-14,17-18,20H,4-9H2,1-3H3/t11-,12+,13-,14+,17-,18+,20+/m0/s1. The minimum absolute atomic E-state index is 0.00171. The molecule has 0 spiro atoms. The molecule has 0 radical (unpaired) electrons. The van der Waals surface area contributed by atoms with E-state index in [1.165, 1.54) is 17.7 Å². The van der Waals surface area contributed by atoms with Gasteiger partial charge < -0.3 is 14.0 Å². The Morgan fingerprint density at radius 3 is 2.67 bits per heavy atom. The maximum absolute atomic E-state index is 12.4. The molecule has 0 unspecified atom stereocenters. The van der Waals surface area contributed by atoms with Gasteiger partial charge in [-0.3, -0.25) is 9.59 Å². The molecule has 0 bridgehead atoms. The van der Waals surface area contributed by atoms with Crippen molar-refractivity contribution in [1.29, 1.82) is 0 Å². The number of aromatic nitrogens is 1. The molecule has 7 atom stereocenters. The molecule has 1 aromatic rings. The SMILES string of the molecule is CC[C@@H]1[C@H]2OC(=O)[C@H](C)[C@@H]2c2cc([C@@H]3C[C@H](C)C(=O)O3)n3c2[C@@H]1CCCC3. The van der Waals surface area contributed by atoms with Gasteiger partial charge >= 0.3 is 11.9 Å². The van der Waals surface area contributed by atoms with Gasteiger partial charge in [-0.1, -0.05) is 27.2 Å². The van der Waals surface area contributed by atoms with Gasteiger partial charge in [-0.15, -0.1) is 0 Å². The molecule has 1 aliphatic carbocycles. The molecule has 27 heavy (non-hydrogen) atoms. The second-order valence-corrected chi connectivity index (χ2v) is 9.01. The van der Waals surface area contributed by atoms with Crippen molar-refractivity contribution in [2.45, 2.75) is 83.5 Å². The smallest absolute Gasteiger partial charge is 0.309 e. The number of hydrogen-bond acceptors (Lipinski definition) is 4. The van der Waals surface area contributed by atoms with Crippen molar-refractivity contribution < 1.29 is 19.1 Å². The lowest BCUT2D eigenvalue weighted by atomic mass is 9.66. The summed E-state index contributed by atoms with van der Waals surface area (Å²) in [7, 11) is 0. The summed E-state index contributed by atoms with van der Waals surface area (Å²) in [4.78, 5) is 24.5. The highest BCUT2D eigenvalue weighted by Gasteiger charge is 2.54. The van der Waals surface area contributed by atoms with Crippen molar-refractivity contribution in [2.75, 3.05) is 0 Å². The van der Waals surface area contributed by atoms with Gasteiger partial charge in [-0.05, 0) is 30.9 Å². The molecule has 5 heteroatoms. The summed E-state index contributed by atoms with van der Waals surface area (Å²) in [5.74, 6) is 0.690. The lowest BCUT2D eigenvalue weighted by Crippen LogP contribution is -2.36. The van der Waals surface area contributed by atoms with E-state index >= 15 is 0 Å². The predicted molar refractivity (Wildman–Crippen MR) is 99.2 cm³/mol. The van der Waals surface area contributed by atoms with Crippen LogP contribution in [0.2, 0.25) is 0 Å².